The third kappa shape index (κ3) is 3.74. The zero-order valence-electron chi connectivity index (χ0n) is 13.8. The molecule has 0 saturated carbocycles. The van der Waals surface area contributed by atoms with E-state index >= 15 is 0 Å². The molecule has 0 fully saturated rings. The fourth-order valence-corrected chi connectivity index (χ4v) is 2.69. The highest BCUT2D eigenvalue weighted by molar-refractivity contribution is 6.05. The lowest BCUT2D eigenvalue weighted by atomic mass is 9.95. The number of halogens is 1. The van der Waals surface area contributed by atoms with E-state index in [2.05, 4.69) is 28.9 Å². The van der Waals surface area contributed by atoms with Crippen molar-refractivity contribution in [1.29, 1.82) is 0 Å². The molecule has 0 spiro atoms. The standard InChI is InChI=1S/C20H19FN4/c1-14-8-2-3-9-15(14)16-10-4-5-11-17(16)20(24-25-22)23-19-13-7-6-12-18(19)21/h2-13,25H,22H2,1H3,(H,23,24). The summed E-state index contributed by atoms with van der Waals surface area (Å²) in [6.07, 6.45) is 0. The van der Waals surface area contributed by atoms with Crippen molar-refractivity contribution in [2.24, 2.45) is 10.8 Å². The highest BCUT2D eigenvalue weighted by Gasteiger charge is 2.13. The van der Waals surface area contributed by atoms with Crippen LogP contribution < -0.4 is 16.8 Å². The van der Waals surface area contributed by atoms with E-state index in [1.165, 1.54) is 6.07 Å². The van der Waals surface area contributed by atoms with Crippen molar-refractivity contribution >= 4 is 11.5 Å². The summed E-state index contributed by atoms with van der Waals surface area (Å²) in [5, 5.41) is 0. The van der Waals surface area contributed by atoms with E-state index in [9.17, 15) is 4.39 Å². The molecule has 0 aliphatic rings. The lowest BCUT2D eigenvalue weighted by Gasteiger charge is -2.15. The van der Waals surface area contributed by atoms with Gasteiger partial charge in [-0.25, -0.2) is 9.38 Å². The van der Waals surface area contributed by atoms with Crippen LogP contribution in [0.1, 0.15) is 11.1 Å². The van der Waals surface area contributed by atoms with Gasteiger partial charge in [0.2, 0.25) is 0 Å². The Morgan fingerprint density at radius 2 is 1.52 bits per heavy atom. The molecular weight excluding hydrogens is 315 g/mol. The van der Waals surface area contributed by atoms with Gasteiger partial charge < -0.3 is 0 Å². The lowest BCUT2D eigenvalue weighted by Crippen LogP contribution is -2.42. The number of amidine groups is 1. The molecule has 126 valence electrons. The fourth-order valence-electron chi connectivity index (χ4n) is 2.69. The number of hydrazine groups is 2. The highest BCUT2D eigenvalue weighted by Crippen LogP contribution is 2.28. The van der Waals surface area contributed by atoms with Crippen molar-refractivity contribution in [3.8, 4) is 11.1 Å². The fraction of sp³-hybridized carbons (Fsp3) is 0.0500. The van der Waals surface area contributed by atoms with Crippen molar-refractivity contribution in [3.63, 3.8) is 0 Å². The molecule has 3 rings (SSSR count). The Kier molecular flexibility index (Phi) is 5.18. The largest absolute Gasteiger partial charge is 0.292 e. The van der Waals surface area contributed by atoms with Crippen molar-refractivity contribution in [2.75, 3.05) is 0 Å². The molecule has 4 nitrogen and oxygen atoms in total. The molecule has 0 amide bonds. The highest BCUT2D eigenvalue weighted by atomic mass is 19.1. The summed E-state index contributed by atoms with van der Waals surface area (Å²) in [6, 6.07) is 22.2. The first-order valence-corrected chi connectivity index (χ1v) is 7.91. The van der Waals surface area contributed by atoms with E-state index in [0.717, 1.165) is 22.3 Å². The molecule has 0 aliphatic carbocycles. The van der Waals surface area contributed by atoms with E-state index in [0.29, 0.717) is 5.84 Å². The summed E-state index contributed by atoms with van der Waals surface area (Å²) in [7, 11) is 0. The quantitative estimate of drug-likeness (QED) is 0.294. The van der Waals surface area contributed by atoms with Gasteiger partial charge in [-0.3, -0.25) is 11.3 Å². The maximum absolute atomic E-state index is 14.0. The monoisotopic (exact) mass is 334 g/mol. The predicted molar refractivity (Wildman–Crippen MR) is 99.7 cm³/mol. The van der Waals surface area contributed by atoms with E-state index in [-0.39, 0.29) is 5.69 Å². The first-order chi connectivity index (χ1) is 12.2. The van der Waals surface area contributed by atoms with Crippen LogP contribution in [0.25, 0.3) is 11.1 Å². The Balaban J connectivity index is 2.16. The van der Waals surface area contributed by atoms with E-state index in [4.69, 9.17) is 5.84 Å². The number of nitrogens with zero attached hydrogens (tertiary/aromatic N) is 1. The number of nitrogens with one attached hydrogen (secondary N) is 2. The third-order valence-electron chi connectivity index (χ3n) is 3.89. The molecule has 0 atom stereocenters. The molecule has 0 bridgehead atoms. The van der Waals surface area contributed by atoms with Crippen LogP contribution in [-0.2, 0) is 0 Å². The smallest absolute Gasteiger partial charge is 0.149 e. The lowest BCUT2D eigenvalue weighted by molar-refractivity contribution is 0.629. The molecule has 3 aromatic rings. The van der Waals surface area contributed by atoms with Gasteiger partial charge in [0.05, 0.1) is 0 Å². The second kappa shape index (κ2) is 7.70. The van der Waals surface area contributed by atoms with Gasteiger partial charge in [-0.1, -0.05) is 60.7 Å². The molecule has 0 saturated heterocycles. The Morgan fingerprint density at radius 3 is 2.24 bits per heavy atom. The van der Waals surface area contributed by atoms with E-state index in [1.807, 2.05) is 42.5 Å². The molecular formula is C20H19FN4. The van der Waals surface area contributed by atoms with Gasteiger partial charge in [0.25, 0.3) is 0 Å². The minimum absolute atomic E-state index is 0.236. The number of aliphatic imine (C=N–C) groups is 1. The second-order valence-corrected chi connectivity index (χ2v) is 5.54. The molecule has 0 radical (unpaired) electrons. The van der Waals surface area contributed by atoms with Gasteiger partial charge in [0.1, 0.15) is 17.3 Å². The van der Waals surface area contributed by atoms with E-state index in [1.54, 1.807) is 18.2 Å². The summed E-state index contributed by atoms with van der Waals surface area (Å²) in [6.45, 7) is 2.05. The zero-order valence-corrected chi connectivity index (χ0v) is 13.8. The molecule has 0 aliphatic heterocycles. The van der Waals surface area contributed by atoms with Gasteiger partial charge in [0.15, 0.2) is 0 Å². The van der Waals surface area contributed by atoms with Crippen molar-refractivity contribution in [1.82, 2.24) is 11.0 Å². The maximum atomic E-state index is 14.0. The van der Waals surface area contributed by atoms with Gasteiger partial charge in [-0.05, 0) is 35.7 Å². The first-order valence-electron chi connectivity index (χ1n) is 7.91. The summed E-state index contributed by atoms with van der Waals surface area (Å²) in [5.41, 5.74) is 9.47. The van der Waals surface area contributed by atoms with Crippen molar-refractivity contribution < 1.29 is 4.39 Å². The minimum atomic E-state index is -0.396. The SMILES string of the molecule is Cc1ccccc1-c1ccccc1C(=Nc1ccccc1F)NNN. The Morgan fingerprint density at radius 1 is 0.880 bits per heavy atom. The van der Waals surface area contributed by atoms with Gasteiger partial charge in [-0.15, -0.1) is 0 Å². The number of hydrogen-bond acceptors (Lipinski definition) is 3. The number of para-hydroxylation sites is 1. The summed E-state index contributed by atoms with van der Waals surface area (Å²) in [5.74, 6) is 5.48. The number of benzene rings is 3. The number of rotatable bonds is 4. The minimum Gasteiger partial charge on any atom is -0.292 e. The van der Waals surface area contributed by atoms with Crippen LogP contribution in [0.3, 0.4) is 0 Å². The van der Waals surface area contributed by atoms with Crippen LogP contribution in [0.4, 0.5) is 10.1 Å². The van der Waals surface area contributed by atoms with Gasteiger partial charge in [-0.2, -0.15) is 5.53 Å². The molecule has 25 heavy (non-hydrogen) atoms. The van der Waals surface area contributed by atoms with Crippen LogP contribution in [0.2, 0.25) is 0 Å². The molecule has 4 N–H and O–H groups in total. The Hall–Kier alpha value is -3.02. The average molecular weight is 334 g/mol. The van der Waals surface area contributed by atoms with Crippen molar-refractivity contribution in [3.05, 3.63) is 89.7 Å². The molecule has 3 aromatic carbocycles. The second-order valence-electron chi connectivity index (χ2n) is 5.54. The zero-order chi connectivity index (χ0) is 17.6. The first kappa shape index (κ1) is 16.8. The normalized spacial score (nSPS) is 11.4. The van der Waals surface area contributed by atoms with Crippen molar-refractivity contribution in [2.45, 2.75) is 6.92 Å². The van der Waals surface area contributed by atoms with Crippen LogP contribution >= 0.6 is 0 Å². The van der Waals surface area contributed by atoms with Gasteiger partial charge >= 0.3 is 0 Å². The number of hydrogen-bond donors (Lipinski definition) is 3. The predicted octanol–water partition coefficient (Wildman–Crippen LogP) is 3.85. The maximum Gasteiger partial charge on any atom is 0.149 e. The Bertz CT molecular complexity index is 905. The van der Waals surface area contributed by atoms with Crippen LogP contribution in [-0.4, -0.2) is 5.84 Å². The third-order valence-corrected chi connectivity index (χ3v) is 3.89. The average Bonchev–Trinajstić information content (AvgIpc) is 2.64. The number of nitrogens with two attached hydrogens (primary N) is 1. The molecule has 0 unspecified atom stereocenters. The van der Waals surface area contributed by atoms with Gasteiger partial charge in [0, 0.05) is 5.56 Å². The van der Waals surface area contributed by atoms with Crippen LogP contribution in [0.15, 0.2) is 77.8 Å². The molecule has 5 heteroatoms. The number of aryl methyl sites for hydroxylation is 1. The van der Waals surface area contributed by atoms with Crippen LogP contribution in [0, 0.1) is 12.7 Å². The Labute approximate surface area is 146 Å². The van der Waals surface area contributed by atoms with Crippen LogP contribution in [0.5, 0.6) is 0 Å². The summed E-state index contributed by atoms with van der Waals surface area (Å²) in [4.78, 5) is 4.42. The van der Waals surface area contributed by atoms with E-state index < -0.39 is 5.82 Å². The summed E-state index contributed by atoms with van der Waals surface area (Å²) < 4.78 is 14.0. The molecule has 0 aromatic heterocycles. The molecule has 0 heterocycles. The topological polar surface area (TPSA) is 62.4 Å². The summed E-state index contributed by atoms with van der Waals surface area (Å²) >= 11 is 0.